The normalized spacial score (nSPS) is 10.9. The third-order valence-electron chi connectivity index (χ3n) is 2.32. The highest BCUT2D eigenvalue weighted by atomic mass is 32.1. The minimum absolute atomic E-state index is 0.505. The van der Waals surface area contributed by atoms with Crippen LogP contribution in [0.5, 0.6) is 0 Å². The summed E-state index contributed by atoms with van der Waals surface area (Å²) in [6.07, 6.45) is 1.91. The van der Waals surface area contributed by atoms with E-state index in [1.165, 1.54) is 0 Å². The Labute approximate surface area is 102 Å². The summed E-state index contributed by atoms with van der Waals surface area (Å²) in [7, 11) is 0. The molecule has 0 aromatic carbocycles. The maximum atomic E-state index is 5.05. The van der Waals surface area contributed by atoms with Gasteiger partial charge in [-0.1, -0.05) is 5.16 Å². The van der Waals surface area contributed by atoms with Gasteiger partial charge in [-0.2, -0.15) is 21.4 Å². The van der Waals surface area contributed by atoms with Crippen molar-refractivity contribution in [3.63, 3.8) is 0 Å². The molecule has 3 heterocycles. The Morgan fingerprint density at radius 3 is 3.06 bits per heavy atom. The monoisotopic (exact) mass is 246 g/mol. The van der Waals surface area contributed by atoms with E-state index in [4.69, 9.17) is 4.52 Å². The largest absolute Gasteiger partial charge is 0.337 e. The summed E-state index contributed by atoms with van der Waals surface area (Å²) < 4.78 is 6.84. The molecule has 0 fully saturated rings. The first kappa shape index (κ1) is 10.2. The van der Waals surface area contributed by atoms with E-state index in [1.54, 1.807) is 22.9 Å². The zero-order valence-electron chi connectivity index (χ0n) is 9.20. The summed E-state index contributed by atoms with van der Waals surface area (Å²) >= 11 is 1.66. The second-order valence-corrected chi connectivity index (χ2v) is 4.43. The predicted molar refractivity (Wildman–Crippen MR) is 63.7 cm³/mol. The summed E-state index contributed by atoms with van der Waals surface area (Å²) in [5.74, 6) is 1.22. The molecule has 0 aliphatic heterocycles. The highest BCUT2D eigenvalue weighted by Gasteiger charge is 2.06. The van der Waals surface area contributed by atoms with Crippen molar-refractivity contribution in [3.05, 3.63) is 40.8 Å². The second-order valence-electron chi connectivity index (χ2n) is 3.65. The summed E-state index contributed by atoms with van der Waals surface area (Å²) in [5.41, 5.74) is 2.10. The molecule has 5 nitrogen and oxygen atoms in total. The van der Waals surface area contributed by atoms with E-state index in [0.29, 0.717) is 18.3 Å². The quantitative estimate of drug-likeness (QED) is 0.711. The van der Waals surface area contributed by atoms with Gasteiger partial charge in [0, 0.05) is 17.1 Å². The van der Waals surface area contributed by atoms with E-state index >= 15 is 0 Å². The lowest BCUT2D eigenvalue weighted by Crippen LogP contribution is -2.00. The molecular weight excluding hydrogens is 236 g/mol. The third kappa shape index (κ3) is 2.12. The maximum absolute atomic E-state index is 5.05. The number of aromatic nitrogens is 4. The van der Waals surface area contributed by atoms with Gasteiger partial charge in [-0.15, -0.1) is 0 Å². The fourth-order valence-corrected chi connectivity index (χ4v) is 2.21. The first-order chi connectivity index (χ1) is 8.31. The van der Waals surface area contributed by atoms with Gasteiger partial charge in [-0.25, -0.2) is 0 Å². The molecule has 86 valence electrons. The van der Waals surface area contributed by atoms with Crippen molar-refractivity contribution in [2.24, 2.45) is 0 Å². The first-order valence-electron chi connectivity index (χ1n) is 5.16. The van der Waals surface area contributed by atoms with Gasteiger partial charge in [0.2, 0.25) is 5.89 Å². The van der Waals surface area contributed by atoms with Crippen LogP contribution in [-0.2, 0) is 6.54 Å². The molecule has 17 heavy (non-hydrogen) atoms. The van der Waals surface area contributed by atoms with E-state index in [0.717, 1.165) is 11.3 Å². The van der Waals surface area contributed by atoms with E-state index in [-0.39, 0.29) is 0 Å². The van der Waals surface area contributed by atoms with Crippen LogP contribution in [-0.4, -0.2) is 19.9 Å². The van der Waals surface area contributed by atoms with Crippen molar-refractivity contribution in [1.82, 2.24) is 19.9 Å². The van der Waals surface area contributed by atoms with E-state index in [1.807, 2.05) is 23.7 Å². The highest BCUT2D eigenvalue weighted by Crippen LogP contribution is 2.19. The summed E-state index contributed by atoms with van der Waals surface area (Å²) in [6, 6.07) is 4.03. The Morgan fingerprint density at radius 2 is 2.35 bits per heavy atom. The van der Waals surface area contributed by atoms with Crippen LogP contribution in [0.15, 0.2) is 33.6 Å². The molecular formula is C11H10N4OS. The second kappa shape index (κ2) is 4.14. The smallest absolute Gasteiger partial charge is 0.248 e. The average molecular weight is 246 g/mol. The maximum Gasteiger partial charge on any atom is 0.248 e. The highest BCUT2D eigenvalue weighted by molar-refractivity contribution is 7.08. The fraction of sp³-hybridized carbons (Fsp3) is 0.182. The molecule has 0 aliphatic carbocycles. The van der Waals surface area contributed by atoms with Crippen LogP contribution in [0.2, 0.25) is 0 Å². The van der Waals surface area contributed by atoms with Gasteiger partial charge >= 0.3 is 0 Å². The number of aryl methyl sites for hydroxylation is 1. The van der Waals surface area contributed by atoms with Gasteiger partial charge in [0.15, 0.2) is 5.82 Å². The first-order valence-corrected chi connectivity index (χ1v) is 6.11. The van der Waals surface area contributed by atoms with Gasteiger partial charge in [0.25, 0.3) is 0 Å². The van der Waals surface area contributed by atoms with E-state index in [2.05, 4.69) is 20.6 Å². The van der Waals surface area contributed by atoms with Crippen LogP contribution in [0.25, 0.3) is 11.3 Å². The van der Waals surface area contributed by atoms with Crippen molar-refractivity contribution in [2.75, 3.05) is 0 Å². The zero-order chi connectivity index (χ0) is 11.7. The Hall–Kier alpha value is -1.95. The van der Waals surface area contributed by atoms with Crippen molar-refractivity contribution in [1.29, 1.82) is 0 Å². The molecule has 0 radical (unpaired) electrons. The number of hydrogen-bond acceptors (Lipinski definition) is 5. The summed E-state index contributed by atoms with van der Waals surface area (Å²) in [4.78, 5) is 4.14. The molecule has 3 aromatic rings. The Morgan fingerprint density at radius 1 is 1.41 bits per heavy atom. The van der Waals surface area contributed by atoms with Crippen LogP contribution in [0.1, 0.15) is 11.7 Å². The van der Waals surface area contributed by atoms with Gasteiger partial charge in [-0.05, 0) is 24.4 Å². The predicted octanol–water partition coefficient (Wildman–Crippen LogP) is 2.35. The van der Waals surface area contributed by atoms with Crippen molar-refractivity contribution in [2.45, 2.75) is 13.5 Å². The summed E-state index contributed by atoms with van der Waals surface area (Å²) in [6.45, 7) is 2.30. The number of thiophene rings is 1. The topological polar surface area (TPSA) is 56.7 Å². The lowest BCUT2D eigenvalue weighted by Gasteiger charge is -1.94. The number of rotatable bonds is 3. The summed E-state index contributed by atoms with van der Waals surface area (Å²) in [5, 5.41) is 12.3. The fourth-order valence-electron chi connectivity index (χ4n) is 1.56. The molecule has 0 spiro atoms. The molecule has 3 aromatic heterocycles. The lowest BCUT2D eigenvalue weighted by molar-refractivity contribution is 0.363. The average Bonchev–Trinajstić information content (AvgIpc) is 3.00. The van der Waals surface area contributed by atoms with Crippen molar-refractivity contribution < 1.29 is 4.52 Å². The lowest BCUT2D eigenvalue weighted by atomic mass is 10.2. The Balaban J connectivity index is 1.81. The third-order valence-corrected chi connectivity index (χ3v) is 3.01. The van der Waals surface area contributed by atoms with Gasteiger partial charge < -0.3 is 4.52 Å². The molecule has 0 saturated heterocycles. The van der Waals surface area contributed by atoms with Crippen molar-refractivity contribution in [3.8, 4) is 11.3 Å². The van der Waals surface area contributed by atoms with E-state index < -0.39 is 0 Å². The minimum atomic E-state index is 0.505. The van der Waals surface area contributed by atoms with Gasteiger partial charge in [-0.3, -0.25) is 4.68 Å². The molecule has 0 aliphatic rings. The number of nitrogens with zero attached hydrogens (tertiary/aromatic N) is 4. The van der Waals surface area contributed by atoms with Crippen LogP contribution in [0, 0.1) is 6.92 Å². The molecule has 0 N–H and O–H groups in total. The molecule has 0 unspecified atom stereocenters. The van der Waals surface area contributed by atoms with Crippen molar-refractivity contribution >= 4 is 11.3 Å². The molecule has 0 saturated carbocycles. The molecule has 0 atom stereocenters. The zero-order valence-corrected chi connectivity index (χ0v) is 10.0. The Kier molecular flexibility index (Phi) is 2.49. The van der Waals surface area contributed by atoms with Crippen LogP contribution in [0.3, 0.4) is 0 Å². The van der Waals surface area contributed by atoms with Gasteiger partial charge in [0.1, 0.15) is 6.54 Å². The molecule has 3 rings (SSSR count). The molecule has 6 heteroatoms. The standard InChI is InChI=1S/C11H10N4OS/c1-8-12-11(16-14-8)6-15-4-2-10(13-15)9-3-5-17-7-9/h2-5,7H,6H2,1H3. The van der Waals surface area contributed by atoms with Crippen LogP contribution < -0.4 is 0 Å². The Bertz CT molecular complexity index is 611. The number of hydrogen-bond donors (Lipinski definition) is 0. The van der Waals surface area contributed by atoms with E-state index in [9.17, 15) is 0 Å². The van der Waals surface area contributed by atoms with Crippen LogP contribution >= 0.6 is 11.3 Å². The minimum Gasteiger partial charge on any atom is -0.337 e. The molecule has 0 bridgehead atoms. The molecule has 0 amide bonds. The SMILES string of the molecule is Cc1noc(Cn2ccc(-c3ccsc3)n2)n1. The van der Waals surface area contributed by atoms with Crippen LogP contribution in [0.4, 0.5) is 0 Å². The van der Waals surface area contributed by atoms with Gasteiger partial charge in [0.05, 0.1) is 5.69 Å².